The zero-order valence-corrected chi connectivity index (χ0v) is 12.5. The standard InChI is InChI=1S/C15H30N2O/c1-12(2)10-14(5)16-8-6-7-9-17-15(18)11-13(3)4/h12-13,16H,5-11H2,1-4H3,(H,17,18). The van der Waals surface area contributed by atoms with Crippen molar-refractivity contribution >= 4 is 5.91 Å². The van der Waals surface area contributed by atoms with E-state index in [1.165, 1.54) is 0 Å². The van der Waals surface area contributed by atoms with E-state index in [-0.39, 0.29) is 5.91 Å². The normalized spacial score (nSPS) is 10.8. The Morgan fingerprint density at radius 2 is 1.44 bits per heavy atom. The van der Waals surface area contributed by atoms with Gasteiger partial charge in [-0.1, -0.05) is 34.3 Å². The van der Waals surface area contributed by atoms with Crippen LogP contribution in [0, 0.1) is 11.8 Å². The fourth-order valence-corrected chi connectivity index (χ4v) is 1.75. The molecule has 0 aromatic rings. The zero-order valence-electron chi connectivity index (χ0n) is 12.5. The Kier molecular flexibility index (Phi) is 9.43. The molecule has 0 saturated heterocycles. The highest BCUT2D eigenvalue weighted by molar-refractivity contribution is 5.75. The van der Waals surface area contributed by atoms with E-state index in [0.717, 1.165) is 38.0 Å². The van der Waals surface area contributed by atoms with Gasteiger partial charge in [-0.3, -0.25) is 4.79 Å². The van der Waals surface area contributed by atoms with Crippen LogP contribution in [-0.2, 0) is 4.79 Å². The molecule has 3 heteroatoms. The number of carbonyl (C=O) groups excluding carboxylic acids is 1. The maximum absolute atomic E-state index is 11.4. The maximum atomic E-state index is 11.4. The van der Waals surface area contributed by atoms with Gasteiger partial charge in [0.15, 0.2) is 0 Å². The van der Waals surface area contributed by atoms with Gasteiger partial charge in [0, 0.05) is 25.2 Å². The van der Waals surface area contributed by atoms with Crippen molar-refractivity contribution in [3.8, 4) is 0 Å². The van der Waals surface area contributed by atoms with Crippen molar-refractivity contribution in [1.82, 2.24) is 10.6 Å². The summed E-state index contributed by atoms with van der Waals surface area (Å²) in [4.78, 5) is 11.4. The summed E-state index contributed by atoms with van der Waals surface area (Å²) in [7, 11) is 0. The Balaban J connectivity index is 3.36. The van der Waals surface area contributed by atoms with Gasteiger partial charge in [0.05, 0.1) is 0 Å². The molecular formula is C15H30N2O. The number of hydrogen-bond acceptors (Lipinski definition) is 2. The smallest absolute Gasteiger partial charge is 0.220 e. The maximum Gasteiger partial charge on any atom is 0.220 e. The molecule has 0 unspecified atom stereocenters. The minimum atomic E-state index is 0.169. The Bertz CT molecular complexity index is 221. The van der Waals surface area contributed by atoms with E-state index in [9.17, 15) is 4.79 Å². The SMILES string of the molecule is C=C(CC(C)C)NCCCCNC(=O)CC(C)C. The third-order valence-corrected chi connectivity index (χ3v) is 2.55. The van der Waals surface area contributed by atoms with Gasteiger partial charge in [-0.25, -0.2) is 0 Å². The highest BCUT2D eigenvalue weighted by Gasteiger charge is 2.03. The molecular weight excluding hydrogens is 224 g/mol. The lowest BCUT2D eigenvalue weighted by Gasteiger charge is -2.11. The molecule has 1 amide bonds. The third-order valence-electron chi connectivity index (χ3n) is 2.55. The first-order chi connectivity index (χ1) is 8.41. The lowest BCUT2D eigenvalue weighted by molar-refractivity contribution is -0.121. The van der Waals surface area contributed by atoms with Gasteiger partial charge in [-0.2, -0.15) is 0 Å². The van der Waals surface area contributed by atoms with E-state index in [1.807, 2.05) is 0 Å². The lowest BCUT2D eigenvalue weighted by atomic mass is 10.1. The summed E-state index contributed by atoms with van der Waals surface area (Å²) in [5.41, 5.74) is 1.12. The van der Waals surface area contributed by atoms with Gasteiger partial charge in [0.1, 0.15) is 0 Å². The highest BCUT2D eigenvalue weighted by Crippen LogP contribution is 2.05. The summed E-state index contributed by atoms with van der Waals surface area (Å²) in [6.07, 6.45) is 3.75. The fraction of sp³-hybridized carbons (Fsp3) is 0.800. The molecule has 3 nitrogen and oxygen atoms in total. The Labute approximate surface area is 112 Å². The van der Waals surface area contributed by atoms with Crippen LogP contribution in [0.15, 0.2) is 12.3 Å². The Morgan fingerprint density at radius 1 is 0.944 bits per heavy atom. The number of hydrogen-bond donors (Lipinski definition) is 2. The second-order valence-electron chi connectivity index (χ2n) is 5.78. The molecule has 0 heterocycles. The van der Waals surface area contributed by atoms with Crippen molar-refractivity contribution in [2.24, 2.45) is 11.8 Å². The van der Waals surface area contributed by atoms with Crippen molar-refractivity contribution in [2.45, 2.75) is 53.4 Å². The van der Waals surface area contributed by atoms with Crippen LogP contribution in [0.4, 0.5) is 0 Å². The van der Waals surface area contributed by atoms with Gasteiger partial charge >= 0.3 is 0 Å². The number of unbranched alkanes of at least 4 members (excludes halogenated alkanes) is 1. The summed E-state index contributed by atoms with van der Waals surface area (Å²) in [5, 5.41) is 6.27. The van der Waals surface area contributed by atoms with Crippen LogP contribution in [0.25, 0.3) is 0 Å². The predicted molar refractivity (Wildman–Crippen MR) is 78.3 cm³/mol. The van der Waals surface area contributed by atoms with Crippen LogP contribution in [0.3, 0.4) is 0 Å². The van der Waals surface area contributed by atoms with E-state index in [4.69, 9.17) is 0 Å². The molecule has 0 aliphatic carbocycles. The van der Waals surface area contributed by atoms with Gasteiger partial charge < -0.3 is 10.6 Å². The minimum Gasteiger partial charge on any atom is -0.389 e. The zero-order chi connectivity index (χ0) is 14.0. The van der Waals surface area contributed by atoms with Crippen LogP contribution >= 0.6 is 0 Å². The quantitative estimate of drug-likeness (QED) is 0.588. The lowest BCUT2D eigenvalue weighted by Crippen LogP contribution is -2.26. The molecule has 0 aliphatic heterocycles. The molecule has 0 fully saturated rings. The molecule has 0 aromatic heterocycles. The second kappa shape index (κ2) is 9.98. The molecule has 0 aliphatic rings. The molecule has 2 N–H and O–H groups in total. The topological polar surface area (TPSA) is 41.1 Å². The summed E-state index contributed by atoms with van der Waals surface area (Å²) in [6, 6.07) is 0. The average Bonchev–Trinajstić information content (AvgIpc) is 2.20. The molecule has 0 bridgehead atoms. The second-order valence-corrected chi connectivity index (χ2v) is 5.78. The summed E-state index contributed by atoms with van der Waals surface area (Å²) >= 11 is 0. The van der Waals surface area contributed by atoms with Crippen LogP contribution in [0.1, 0.15) is 53.4 Å². The first-order valence-corrected chi connectivity index (χ1v) is 7.10. The van der Waals surface area contributed by atoms with Crippen LogP contribution in [0.2, 0.25) is 0 Å². The van der Waals surface area contributed by atoms with Crippen LogP contribution in [-0.4, -0.2) is 19.0 Å². The van der Waals surface area contributed by atoms with E-state index >= 15 is 0 Å². The first-order valence-electron chi connectivity index (χ1n) is 7.10. The van der Waals surface area contributed by atoms with E-state index in [1.54, 1.807) is 0 Å². The molecule has 106 valence electrons. The van der Waals surface area contributed by atoms with E-state index in [0.29, 0.717) is 18.3 Å². The molecule has 0 spiro atoms. The largest absolute Gasteiger partial charge is 0.389 e. The minimum absolute atomic E-state index is 0.169. The van der Waals surface area contributed by atoms with Crippen molar-refractivity contribution < 1.29 is 4.79 Å². The predicted octanol–water partition coefficient (Wildman–Crippen LogP) is 3.08. The number of nitrogens with one attached hydrogen (secondary N) is 2. The van der Waals surface area contributed by atoms with Crippen molar-refractivity contribution in [2.75, 3.05) is 13.1 Å². The van der Waals surface area contributed by atoms with Crippen LogP contribution < -0.4 is 10.6 Å². The van der Waals surface area contributed by atoms with Crippen LogP contribution in [0.5, 0.6) is 0 Å². The van der Waals surface area contributed by atoms with Gasteiger partial charge in [0.25, 0.3) is 0 Å². The van der Waals surface area contributed by atoms with Crippen molar-refractivity contribution in [1.29, 1.82) is 0 Å². The molecule has 0 radical (unpaired) electrons. The average molecular weight is 254 g/mol. The van der Waals surface area contributed by atoms with E-state index < -0.39 is 0 Å². The summed E-state index contributed by atoms with van der Waals surface area (Å²) < 4.78 is 0. The molecule has 18 heavy (non-hydrogen) atoms. The molecule has 0 aromatic carbocycles. The summed E-state index contributed by atoms with van der Waals surface area (Å²) in [6.45, 7) is 14.2. The first kappa shape index (κ1) is 17.0. The molecule has 0 saturated carbocycles. The van der Waals surface area contributed by atoms with Crippen molar-refractivity contribution in [3.05, 3.63) is 12.3 Å². The molecule has 0 atom stereocenters. The Hall–Kier alpha value is -0.990. The number of rotatable bonds is 10. The van der Waals surface area contributed by atoms with Gasteiger partial charge in [-0.05, 0) is 31.1 Å². The summed E-state index contributed by atoms with van der Waals surface area (Å²) in [5.74, 6) is 1.26. The number of allylic oxidation sites excluding steroid dienone is 1. The fourth-order valence-electron chi connectivity index (χ4n) is 1.75. The van der Waals surface area contributed by atoms with E-state index in [2.05, 4.69) is 44.9 Å². The monoisotopic (exact) mass is 254 g/mol. The Morgan fingerprint density at radius 3 is 1.94 bits per heavy atom. The number of amides is 1. The van der Waals surface area contributed by atoms with Gasteiger partial charge in [-0.15, -0.1) is 0 Å². The highest BCUT2D eigenvalue weighted by atomic mass is 16.1. The molecule has 0 rings (SSSR count). The number of carbonyl (C=O) groups is 1. The van der Waals surface area contributed by atoms with Crippen molar-refractivity contribution in [3.63, 3.8) is 0 Å². The third kappa shape index (κ3) is 11.5. The van der Waals surface area contributed by atoms with Gasteiger partial charge in [0.2, 0.25) is 5.91 Å².